The molecule has 0 atom stereocenters. The van der Waals surface area contributed by atoms with Crippen LogP contribution in [0.15, 0.2) is 15.1 Å². The summed E-state index contributed by atoms with van der Waals surface area (Å²) in [6.07, 6.45) is 2.23. The number of nitrogens with one attached hydrogen (secondary N) is 2. The average Bonchev–Trinajstić information content (AvgIpc) is 2.96. The molecule has 4 rings (SSSR count). The Morgan fingerprint density at radius 3 is 3.00 bits per heavy atom. The maximum absolute atomic E-state index is 11.8. The Morgan fingerprint density at radius 2 is 2.26 bits per heavy atom. The van der Waals surface area contributed by atoms with Crippen LogP contribution < -0.4 is 10.6 Å². The Hall–Kier alpha value is -2.91. The molecule has 2 aliphatic rings. The van der Waals surface area contributed by atoms with Crippen LogP contribution in [-0.4, -0.2) is 45.3 Å². The number of rotatable bonds is 4. The minimum Gasteiger partial charge on any atom is -0.360 e. The molecule has 2 aromatic rings. The summed E-state index contributed by atoms with van der Waals surface area (Å²) in [4.78, 5) is 28.4. The van der Waals surface area contributed by atoms with Gasteiger partial charge in [0.05, 0.1) is 6.54 Å². The number of hydrogen-bond acceptors (Lipinski definition) is 7. The van der Waals surface area contributed by atoms with Gasteiger partial charge in [-0.1, -0.05) is 10.3 Å². The lowest BCUT2D eigenvalue weighted by atomic mass is 10.3. The molecule has 1 saturated heterocycles. The van der Waals surface area contributed by atoms with Crippen molar-refractivity contribution in [1.29, 1.82) is 0 Å². The van der Waals surface area contributed by atoms with E-state index in [1.54, 1.807) is 6.07 Å². The van der Waals surface area contributed by atoms with Crippen LogP contribution in [0.4, 0.5) is 9.59 Å². The molecule has 0 bridgehead atoms. The molecule has 10 heteroatoms. The van der Waals surface area contributed by atoms with Crippen LogP contribution in [-0.2, 0) is 6.54 Å². The quantitative estimate of drug-likeness (QED) is 0.855. The largest absolute Gasteiger partial charge is 0.360 e. The zero-order chi connectivity index (χ0) is 15.8. The molecule has 4 amide bonds. The molecule has 0 radical (unpaired) electrons. The number of carbonyl (C=O) groups excluding carboxylic acids is 2. The predicted octanol–water partition coefficient (Wildman–Crippen LogP) is 0.837. The van der Waals surface area contributed by atoms with Crippen molar-refractivity contribution in [2.75, 3.05) is 13.1 Å². The molecule has 1 aliphatic heterocycles. The van der Waals surface area contributed by atoms with Crippen molar-refractivity contribution in [3.8, 4) is 11.5 Å². The summed E-state index contributed by atoms with van der Waals surface area (Å²) in [7, 11) is 0. The summed E-state index contributed by atoms with van der Waals surface area (Å²) in [5.74, 6) is 1.82. The Morgan fingerprint density at radius 1 is 1.39 bits per heavy atom. The van der Waals surface area contributed by atoms with Gasteiger partial charge in [-0.05, 0) is 12.8 Å². The number of nitrogens with zero attached hydrogens (tertiary/aromatic N) is 4. The number of imide groups is 1. The van der Waals surface area contributed by atoms with Crippen LogP contribution in [0.1, 0.15) is 30.4 Å². The molecule has 3 heterocycles. The van der Waals surface area contributed by atoms with Crippen molar-refractivity contribution >= 4 is 12.1 Å². The first kappa shape index (κ1) is 13.7. The van der Waals surface area contributed by atoms with Gasteiger partial charge < -0.3 is 19.7 Å². The van der Waals surface area contributed by atoms with E-state index in [2.05, 4.69) is 25.9 Å². The van der Waals surface area contributed by atoms with E-state index in [-0.39, 0.29) is 12.4 Å². The van der Waals surface area contributed by atoms with Crippen LogP contribution in [0.2, 0.25) is 0 Å². The molecule has 23 heavy (non-hydrogen) atoms. The normalized spacial score (nSPS) is 17.4. The van der Waals surface area contributed by atoms with Crippen LogP contribution in [0, 0.1) is 0 Å². The van der Waals surface area contributed by atoms with Gasteiger partial charge in [-0.25, -0.2) is 14.5 Å². The second-order valence-electron chi connectivity index (χ2n) is 5.44. The zero-order valence-electron chi connectivity index (χ0n) is 12.1. The van der Waals surface area contributed by atoms with E-state index in [9.17, 15) is 9.59 Å². The van der Waals surface area contributed by atoms with Crippen molar-refractivity contribution in [2.45, 2.75) is 25.3 Å². The number of hydrogen-bond donors (Lipinski definition) is 2. The number of aromatic nitrogens is 3. The van der Waals surface area contributed by atoms with Crippen molar-refractivity contribution in [3.05, 3.63) is 17.7 Å². The standard InChI is InChI=1S/C13H14N6O4/c20-12-14-3-4-19(12)13(21)15-6-10-16-11(18-23-10)8-5-9(22-17-8)7-1-2-7/h5,7H,1-4,6H2,(H,14,20)(H,15,21). The van der Waals surface area contributed by atoms with Crippen molar-refractivity contribution in [1.82, 2.24) is 30.8 Å². The van der Waals surface area contributed by atoms with E-state index < -0.39 is 12.1 Å². The molecular formula is C13H14N6O4. The van der Waals surface area contributed by atoms with Gasteiger partial charge in [0, 0.05) is 25.1 Å². The first-order chi connectivity index (χ1) is 11.2. The van der Waals surface area contributed by atoms with Gasteiger partial charge in [0.2, 0.25) is 11.7 Å². The molecule has 1 aliphatic carbocycles. The molecule has 10 nitrogen and oxygen atoms in total. The molecule has 1 saturated carbocycles. The molecule has 0 aromatic carbocycles. The second kappa shape index (κ2) is 5.38. The Balaban J connectivity index is 1.37. The zero-order valence-corrected chi connectivity index (χ0v) is 12.1. The fraction of sp³-hybridized carbons (Fsp3) is 0.462. The first-order valence-corrected chi connectivity index (χ1v) is 7.33. The molecule has 0 spiro atoms. The van der Waals surface area contributed by atoms with Crippen LogP contribution in [0.3, 0.4) is 0 Å². The van der Waals surface area contributed by atoms with E-state index in [4.69, 9.17) is 9.05 Å². The minimum absolute atomic E-state index is 0.0307. The third-order valence-corrected chi connectivity index (χ3v) is 3.70. The highest BCUT2D eigenvalue weighted by Gasteiger charge is 2.29. The van der Waals surface area contributed by atoms with Crippen LogP contribution >= 0.6 is 0 Å². The highest BCUT2D eigenvalue weighted by Crippen LogP contribution is 2.40. The fourth-order valence-corrected chi connectivity index (χ4v) is 2.30. The molecular weight excluding hydrogens is 304 g/mol. The summed E-state index contributed by atoms with van der Waals surface area (Å²) in [5, 5.41) is 12.8. The van der Waals surface area contributed by atoms with Gasteiger partial charge in [-0.15, -0.1) is 0 Å². The molecule has 0 unspecified atom stereocenters. The molecule has 2 N–H and O–H groups in total. The SMILES string of the molecule is O=C1NCCN1C(=O)NCc1nc(-c2cc(C3CC3)on2)no1. The third kappa shape index (κ3) is 2.74. The van der Waals surface area contributed by atoms with Gasteiger partial charge in [-0.3, -0.25) is 0 Å². The van der Waals surface area contributed by atoms with Crippen LogP contribution in [0.5, 0.6) is 0 Å². The lowest BCUT2D eigenvalue weighted by Gasteiger charge is -2.11. The van der Waals surface area contributed by atoms with Gasteiger partial charge in [0.15, 0.2) is 5.69 Å². The van der Waals surface area contributed by atoms with Crippen molar-refractivity contribution < 1.29 is 18.6 Å². The summed E-state index contributed by atoms with van der Waals surface area (Å²) in [6.45, 7) is 0.817. The second-order valence-corrected chi connectivity index (χ2v) is 5.44. The monoisotopic (exact) mass is 318 g/mol. The lowest BCUT2D eigenvalue weighted by molar-refractivity contribution is 0.197. The number of urea groups is 2. The molecule has 2 fully saturated rings. The highest BCUT2D eigenvalue weighted by molar-refractivity contribution is 5.94. The smallest absolute Gasteiger partial charge is 0.326 e. The van der Waals surface area contributed by atoms with Crippen molar-refractivity contribution in [3.63, 3.8) is 0 Å². The summed E-state index contributed by atoms with van der Waals surface area (Å²) in [5.41, 5.74) is 0.507. The first-order valence-electron chi connectivity index (χ1n) is 7.33. The Labute approximate surface area is 130 Å². The number of amides is 4. The Bertz CT molecular complexity index is 749. The molecule has 2 aromatic heterocycles. The van der Waals surface area contributed by atoms with E-state index in [0.29, 0.717) is 30.5 Å². The topological polar surface area (TPSA) is 126 Å². The summed E-state index contributed by atoms with van der Waals surface area (Å²) < 4.78 is 10.3. The van der Waals surface area contributed by atoms with E-state index in [0.717, 1.165) is 23.5 Å². The highest BCUT2D eigenvalue weighted by atomic mass is 16.5. The number of carbonyl (C=O) groups is 2. The maximum atomic E-state index is 11.8. The van der Waals surface area contributed by atoms with Crippen LogP contribution in [0.25, 0.3) is 11.5 Å². The van der Waals surface area contributed by atoms with Gasteiger partial charge >= 0.3 is 12.1 Å². The summed E-state index contributed by atoms with van der Waals surface area (Å²) in [6, 6.07) is 0.889. The lowest BCUT2D eigenvalue weighted by Crippen LogP contribution is -2.41. The molecule has 120 valence electrons. The van der Waals surface area contributed by atoms with E-state index in [1.165, 1.54) is 0 Å². The average molecular weight is 318 g/mol. The predicted molar refractivity (Wildman–Crippen MR) is 74.1 cm³/mol. The minimum atomic E-state index is -0.503. The van der Waals surface area contributed by atoms with Gasteiger partial charge in [-0.2, -0.15) is 4.98 Å². The third-order valence-electron chi connectivity index (χ3n) is 3.70. The Kier molecular flexibility index (Phi) is 3.21. The summed E-state index contributed by atoms with van der Waals surface area (Å²) >= 11 is 0. The van der Waals surface area contributed by atoms with Gasteiger partial charge in [0.1, 0.15) is 5.76 Å². The van der Waals surface area contributed by atoms with Gasteiger partial charge in [0.25, 0.3) is 0 Å². The fourth-order valence-electron chi connectivity index (χ4n) is 2.30. The van der Waals surface area contributed by atoms with Crippen molar-refractivity contribution in [2.24, 2.45) is 0 Å². The van der Waals surface area contributed by atoms with E-state index >= 15 is 0 Å². The van der Waals surface area contributed by atoms with E-state index in [1.807, 2.05) is 0 Å². The maximum Gasteiger partial charge on any atom is 0.326 e.